The number of aliphatic hydroxyl groups is 1. The molecule has 0 saturated heterocycles. The van der Waals surface area contributed by atoms with Crippen LogP contribution < -0.4 is 14.4 Å². The largest absolute Gasteiger partial charge is 0.493 e. The van der Waals surface area contributed by atoms with Crippen molar-refractivity contribution in [2.24, 2.45) is 5.92 Å². The topological polar surface area (TPSA) is 95.9 Å². The summed E-state index contributed by atoms with van der Waals surface area (Å²) in [6, 6.07) is 13.8. The van der Waals surface area contributed by atoms with Gasteiger partial charge in [0.2, 0.25) is 10.0 Å². The number of nitrogens with one attached hydrogen (secondary N) is 1. The Labute approximate surface area is 177 Å². The van der Waals surface area contributed by atoms with Crippen LogP contribution in [0.5, 0.6) is 5.75 Å². The first-order valence-electron chi connectivity index (χ1n) is 9.93. The predicted octanol–water partition coefficient (Wildman–Crippen LogP) is 2.20. The number of ether oxygens (including phenoxy) is 1. The smallest absolute Gasteiger partial charge is 0.251 e. The summed E-state index contributed by atoms with van der Waals surface area (Å²) in [6.07, 6.45) is 3.82. The first-order chi connectivity index (χ1) is 14.3. The molecule has 1 fully saturated rings. The van der Waals surface area contributed by atoms with E-state index in [-0.39, 0.29) is 12.2 Å². The van der Waals surface area contributed by atoms with Gasteiger partial charge in [-0.2, -0.15) is 0 Å². The molecule has 1 aliphatic carbocycles. The number of aliphatic hydroxyl groups excluding tert-OH is 1. The molecule has 2 aromatic rings. The molecule has 0 heterocycles. The number of nitrogens with zero attached hydrogens (tertiary/aromatic N) is 1. The van der Waals surface area contributed by atoms with Gasteiger partial charge in [-0.25, -0.2) is 8.42 Å². The lowest BCUT2D eigenvalue weighted by Crippen LogP contribution is -2.39. The molecule has 8 heteroatoms. The molecular formula is C22H28N2O5S. The van der Waals surface area contributed by atoms with Crippen molar-refractivity contribution >= 4 is 21.6 Å². The highest BCUT2D eigenvalue weighted by Crippen LogP contribution is 2.31. The lowest BCUT2D eigenvalue weighted by Gasteiger charge is -2.20. The highest BCUT2D eigenvalue weighted by molar-refractivity contribution is 7.92. The molecule has 1 saturated carbocycles. The van der Waals surface area contributed by atoms with Crippen LogP contribution in [0.4, 0.5) is 5.69 Å². The van der Waals surface area contributed by atoms with Crippen molar-refractivity contribution in [3.05, 3.63) is 59.7 Å². The van der Waals surface area contributed by atoms with Crippen LogP contribution in [0.1, 0.15) is 28.8 Å². The summed E-state index contributed by atoms with van der Waals surface area (Å²) < 4.78 is 30.9. The van der Waals surface area contributed by atoms with Crippen LogP contribution in [0.2, 0.25) is 0 Å². The van der Waals surface area contributed by atoms with Gasteiger partial charge in [-0.1, -0.05) is 30.3 Å². The SMILES string of the molecule is CN(c1cc(OCC2CC2)cc(C(=O)N[C@H](CO)Cc2ccccc2)c1)S(C)(=O)=O. The normalized spacial score (nSPS) is 14.8. The Morgan fingerprint density at radius 2 is 1.93 bits per heavy atom. The number of rotatable bonds is 10. The van der Waals surface area contributed by atoms with Crippen molar-refractivity contribution in [1.29, 1.82) is 0 Å². The van der Waals surface area contributed by atoms with E-state index < -0.39 is 22.0 Å². The van der Waals surface area contributed by atoms with E-state index in [2.05, 4.69) is 5.32 Å². The fourth-order valence-corrected chi connectivity index (χ4v) is 3.49. The quantitative estimate of drug-likeness (QED) is 0.600. The molecule has 0 radical (unpaired) electrons. The molecule has 1 aliphatic rings. The van der Waals surface area contributed by atoms with E-state index in [0.717, 1.165) is 29.0 Å². The Kier molecular flexibility index (Phi) is 6.99. The van der Waals surface area contributed by atoms with E-state index in [1.165, 1.54) is 13.1 Å². The zero-order valence-corrected chi connectivity index (χ0v) is 18.1. The number of amides is 1. The van der Waals surface area contributed by atoms with Gasteiger partial charge in [0.05, 0.1) is 31.2 Å². The van der Waals surface area contributed by atoms with Crippen LogP contribution in [0.25, 0.3) is 0 Å². The Bertz CT molecular complexity index is 974. The van der Waals surface area contributed by atoms with Crippen molar-refractivity contribution in [3.8, 4) is 5.75 Å². The summed E-state index contributed by atoms with van der Waals surface area (Å²) in [4.78, 5) is 12.9. The Balaban J connectivity index is 1.80. The van der Waals surface area contributed by atoms with Gasteiger partial charge in [0.25, 0.3) is 5.91 Å². The lowest BCUT2D eigenvalue weighted by atomic mass is 10.1. The second kappa shape index (κ2) is 9.49. The number of carbonyl (C=O) groups excluding carboxylic acids is 1. The maximum absolute atomic E-state index is 12.9. The molecule has 3 rings (SSSR count). The van der Waals surface area contributed by atoms with Crippen LogP contribution in [-0.2, 0) is 16.4 Å². The van der Waals surface area contributed by atoms with Crippen molar-refractivity contribution in [2.45, 2.75) is 25.3 Å². The second-order valence-electron chi connectivity index (χ2n) is 7.74. The number of hydrogen-bond acceptors (Lipinski definition) is 5. The second-order valence-corrected chi connectivity index (χ2v) is 9.76. The van der Waals surface area contributed by atoms with Crippen molar-refractivity contribution < 1.29 is 23.1 Å². The molecule has 0 aromatic heterocycles. The van der Waals surface area contributed by atoms with Crippen molar-refractivity contribution in [3.63, 3.8) is 0 Å². The standard InChI is InChI=1S/C22H28N2O5S/c1-24(30(2,27)28)20-11-18(12-21(13-20)29-15-17-8-9-17)22(26)23-19(14-25)10-16-6-4-3-5-7-16/h3-7,11-13,17,19,25H,8-10,14-15H2,1-2H3,(H,23,26)/t19-/m0/s1. The van der Waals surface area contributed by atoms with E-state index in [1.54, 1.807) is 12.1 Å². The molecule has 0 spiro atoms. The number of benzene rings is 2. The summed E-state index contributed by atoms with van der Waals surface area (Å²) in [7, 11) is -2.06. The van der Waals surface area contributed by atoms with Gasteiger partial charge in [0.1, 0.15) is 5.75 Å². The Hall–Kier alpha value is -2.58. The molecule has 0 bridgehead atoms. The zero-order valence-electron chi connectivity index (χ0n) is 17.2. The number of hydrogen-bond donors (Lipinski definition) is 2. The van der Waals surface area contributed by atoms with E-state index in [1.807, 2.05) is 30.3 Å². The van der Waals surface area contributed by atoms with Gasteiger partial charge in [-0.05, 0) is 42.9 Å². The molecule has 1 atom stereocenters. The van der Waals surface area contributed by atoms with Crippen LogP contribution in [0, 0.1) is 5.92 Å². The van der Waals surface area contributed by atoms with E-state index in [0.29, 0.717) is 30.4 Å². The van der Waals surface area contributed by atoms with Crippen LogP contribution in [0.3, 0.4) is 0 Å². The van der Waals surface area contributed by atoms with E-state index >= 15 is 0 Å². The van der Waals surface area contributed by atoms with E-state index in [4.69, 9.17) is 4.74 Å². The average Bonchev–Trinajstić information content (AvgIpc) is 3.55. The minimum absolute atomic E-state index is 0.214. The van der Waals surface area contributed by atoms with Gasteiger partial charge in [0, 0.05) is 18.7 Å². The summed E-state index contributed by atoms with van der Waals surface area (Å²) >= 11 is 0. The third kappa shape index (κ3) is 6.21. The van der Waals surface area contributed by atoms with Gasteiger partial charge in [-0.15, -0.1) is 0 Å². The number of carbonyl (C=O) groups is 1. The van der Waals surface area contributed by atoms with Crippen molar-refractivity contribution in [1.82, 2.24) is 5.32 Å². The number of sulfonamides is 1. The molecule has 2 N–H and O–H groups in total. The highest BCUT2D eigenvalue weighted by atomic mass is 32.2. The fraction of sp³-hybridized carbons (Fsp3) is 0.409. The highest BCUT2D eigenvalue weighted by Gasteiger charge is 2.23. The first kappa shape index (κ1) is 22.1. The Morgan fingerprint density at radius 3 is 2.53 bits per heavy atom. The summed E-state index contributed by atoms with van der Waals surface area (Å²) in [5, 5.41) is 12.5. The van der Waals surface area contributed by atoms with Gasteiger partial charge in [0.15, 0.2) is 0 Å². The minimum atomic E-state index is -3.50. The summed E-state index contributed by atoms with van der Waals surface area (Å²) in [6.45, 7) is 0.328. The minimum Gasteiger partial charge on any atom is -0.493 e. The maximum atomic E-state index is 12.9. The monoisotopic (exact) mass is 432 g/mol. The maximum Gasteiger partial charge on any atom is 0.251 e. The lowest BCUT2D eigenvalue weighted by molar-refractivity contribution is 0.0916. The third-order valence-corrected chi connectivity index (χ3v) is 6.28. The Morgan fingerprint density at radius 1 is 1.23 bits per heavy atom. The average molecular weight is 433 g/mol. The summed E-state index contributed by atoms with van der Waals surface area (Å²) in [5.74, 6) is 0.567. The molecule has 30 heavy (non-hydrogen) atoms. The van der Waals surface area contributed by atoms with Crippen LogP contribution in [0.15, 0.2) is 48.5 Å². The van der Waals surface area contributed by atoms with Crippen molar-refractivity contribution in [2.75, 3.05) is 30.8 Å². The third-order valence-electron chi connectivity index (χ3n) is 5.08. The molecule has 162 valence electrons. The molecule has 7 nitrogen and oxygen atoms in total. The molecule has 0 aliphatic heterocycles. The predicted molar refractivity (Wildman–Crippen MR) is 116 cm³/mol. The zero-order chi connectivity index (χ0) is 21.7. The molecule has 0 unspecified atom stereocenters. The van der Waals surface area contributed by atoms with Crippen LogP contribution >= 0.6 is 0 Å². The fourth-order valence-electron chi connectivity index (χ4n) is 3.00. The van der Waals surface area contributed by atoms with E-state index in [9.17, 15) is 18.3 Å². The molecule has 2 aromatic carbocycles. The number of anilines is 1. The van der Waals surface area contributed by atoms with Gasteiger partial charge in [-0.3, -0.25) is 9.10 Å². The van der Waals surface area contributed by atoms with Gasteiger partial charge >= 0.3 is 0 Å². The van der Waals surface area contributed by atoms with Gasteiger partial charge < -0.3 is 15.2 Å². The summed E-state index contributed by atoms with van der Waals surface area (Å²) in [5.41, 5.74) is 1.62. The first-order valence-corrected chi connectivity index (χ1v) is 11.8. The molecule has 1 amide bonds. The molecular weight excluding hydrogens is 404 g/mol. The van der Waals surface area contributed by atoms with Crippen LogP contribution in [-0.4, -0.2) is 52.0 Å².